The quantitative estimate of drug-likeness (QED) is 0.736. The monoisotopic (exact) mass is 378 g/mol. The summed E-state index contributed by atoms with van der Waals surface area (Å²) in [6.45, 7) is 6.94. The van der Waals surface area contributed by atoms with Crippen LogP contribution in [0.15, 0.2) is 24.3 Å². The van der Waals surface area contributed by atoms with Crippen LogP contribution in [0.3, 0.4) is 0 Å². The van der Waals surface area contributed by atoms with Gasteiger partial charge in [0.05, 0.1) is 12.6 Å². The van der Waals surface area contributed by atoms with Crippen LogP contribution in [0.1, 0.15) is 33.6 Å². The molecular weight excluding hydrogens is 348 g/mol. The number of hydrogen-bond donors (Lipinski definition) is 0. The predicted molar refractivity (Wildman–Crippen MR) is 100 cm³/mol. The third-order valence-electron chi connectivity index (χ3n) is 5.01. The molecule has 4 atom stereocenters. The van der Waals surface area contributed by atoms with E-state index < -0.39 is 11.7 Å². The summed E-state index contributed by atoms with van der Waals surface area (Å²) in [5, 5.41) is 0. The Balaban J connectivity index is 1.57. The van der Waals surface area contributed by atoms with Crippen molar-refractivity contribution < 1.29 is 23.8 Å². The topological polar surface area (TPSA) is 68.3 Å². The molecule has 0 spiro atoms. The molecule has 27 heavy (non-hydrogen) atoms. The van der Waals surface area contributed by atoms with Crippen molar-refractivity contribution in [3.8, 4) is 0 Å². The van der Waals surface area contributed by atoms with E-state index in [1.54, 1.807) is 16.8 Å². The SMILES string of the molecule is CN(C(=O)OC(C)(C)C)C1CCCN(C(=O)C2COC3C=CC=CC3O2)C1. The fourth-order valence-electron chi connectivity index (χ4n) is 3.55. The maximum absolute atomic E-state index is 12.9. The first-order chi connectivity index (χ1) is 12.7. The van der Waals surface area contributed by atoms with Gasteiger partial charge in [-0.3, -0.25) is 4.79 Å². The minimum atomic E-state index is -0.604. The van der Waals surface area contributed by atoms with E-state index in [2.05, 4.69) is 0 Å². The largest absolute Gasteiger partial charge is 0.444 e. The summed E-state index contributed by atoms with van der Waals surface area (Å²) in [7, 11) is 1.73. The Hall–Kier alpha value is -1.86. The second-order valence-corrected chi connectivity index (χ2v) is 8.33. The molecule has 0 radical (unpaired) electrons. The second-order valence-electron chi connectivity index (χ2n) is 8.33. The van der Waals surface area contributed by atoms with Crippen LogP contribution in [0.25, 0.3) is 0 Å². The molecule has 7 heteroatoms. The van der Waals surface area contributed by atoms with Gasteiger partial charge in [0.2, 0.25) is 0 Å². The molecule has 2 amide bonds. The lowest BCUT2D eigenvalue weighted by Gasteiger charge is -2.41. The smallest absolute Gasteiger partial charge is 0.410 e. The van der Waals surface area contributed by atoms with Gasteiger partial charge in [0.1, 0.15) is 17.8 Å². The zero-order valence-corrected chi connectivity index (χ0v) is 16.6. The molecule has 0 N–H and O–H groups in total. The van der Waals surface area contributed by atoms with Gasteiger partial charge in [-0.25, -0.2) is 4.79 Å². The van der Waals surface area contributed by atoms with Gasteiger partial charge in [0.25, 0.3) is 5.91 Å². The van der Waals surface area contributed by atoms with Crippen LogP contribution in [-0.2, 0) is 19.0 Å². The molecule has 4 unspecified atom stereocenters. The number of allylic oxidation sites excluding steroid dienone is 2. The van der Waals surface area contributed by atoms with E-state index in [0.717, 1.165) is 12.8 Å². The average molecular weight is 378 g/mol. The van der Waals surface area contributed by atoms with Crippen molar-refractivity contribution in [2.24, 2.45) is 0 Å². The van der Waals surface area contributed by atoms with Crippen LogP contribution >= 0.6 is 0 Å². The standard InChI is InChI=1S/C20H30N2O5/c1-20(2,3)27-19(24)21(4)14-8-7-11-22(12-14)18(23)17-13-25-15-9-5-6-10-16(15)26-17/h5-6,9-10,14-17H,7-8,11-13H2,1-4H3. The average Bonchev–Trinajstić information content (AvgIpc) is 2.65. The number of fused-ring (bicyclic) bond motifs is 1. The zero-order chi connectivity index (χ0) is 19.6. The number of rotatable bonds is 2. The van der Waals surface area contributed by atoms with E-state index in [1.807, 2.05) is 45.1 Å². The highest BCUT2D eigenvalue weighted by atomic mass is 16.6. The van der Waals surface area contributed by atoms with Gasteiger partial charge >= 0.3 is 6.09 Å². The number of carbonyl (C=O) groups excluding carboxylic acids is 2. The molecule has 0 aromatic heterocycles. The lowest BCUT2D eigenvalue weighted by Crippen LogP contribution is -2.56. The third kappa shape index (κ3) is 4.90. The number of likely N-dealkylation sites (tertiary alicyclic amines) is 1. The molecule has 3 aliphatic rings. The molecule has 7 nitrogen and oxygen atoms in total. The van der Waals surface area contributed by atoms with Crippen LogP contribution in [0.2, 0.25) is 0 Å². The van der Waals surface area contributed by atoms with Crippen LogP contribution < -0.4 is 0 Å². The molecular formula is C20H30N2O5. The first-order valence-corrected chi connectivity index (χ1v) is 9.61. The Morgan fingerprint density at radius 2 is 1.89 bits per heavy atom. The second kappa shape index (κ2) is 8.02. The predicted octanol–water partition coefficient (Wildman–Crippen LogP) is 2.12. The highest BCUT2D eigenvalue weighted by molar-refractivity contribution is 5.81. The highest BCUT2D eigenvalue weighted by Crippen LogP contribution is 2.23. The number of ether oxygens (including phenoxy) is 3. The minimum Gasteiger partial charge on any atom is -0.444 e. The maximum Gasteiger partial charge on any atom is 0.410 e. The van der Waals surface area contributed by atoms with Crippen molar-refractivity contribution in [1.82, 2.24) is 9.80 Å². The summed E-state index contributed by atoms with van der Waals surface area (Å²) in [5.74, 6) is -0.0707. The van der Waals surface area contributed by atoms with E-state index in [1.165, 1.54) is 0 Å². The molecule has 0 saturated carbocycles. The van der Waals surface area contributed by atoms with Gasteiger partial charge in [-0.15, -0.1) is 0 Å². The van der Waals surface area contributed by atoms with Crippen molar-refractivity contribution >= 4 is 12.0 Å². The van der Waals surface area contributed by atoms with Gasteiger partial charge in [0.15, 0.2) is 6.10 Å². The number of piperidine rings is 1. The molecule has 150 valence electrons. The molecule has 2 aliphatic heterocycles. The van der Waals surface area contributed by atoms with Crippen LogP contribution in [0.5, 0.6) is 0 Å². The van der Waals surface area contributed by atoms with Gasteiger partial charge in [-0.1, -0.05) is 24.3 Å². The number of likely N-dealkylation sites (N-methyl/N-ethyl adjacent to an activating group) is 1. The zero-order valence-electron chi connectivity index (χ0n) is 16.6. The molecule has 0 bridgehead atoms. The summed E-state index contributed by atoms with van der Waals surface area (Å²) in [4.78, 5) is 28.7. The van der Waals surface area contributed by atoms with Gasteiger partial charge < -0.3 is 24.0 Å². The molecule has 2 heterocycles. The van der Waals surface area contributed by atoms with E-state index in [-0.39, 0.29) is 36.9 Å². The minimum absolute atomic E-state index is 0.0627. The van der Waals surface area contributed by atoms with Crippen molar-refractivity contribution in [3.05, 3.63) is 24.3 Å². The lowest BCUT2D eigenvalue weighted by molar-refractivity contribution is -0.178. The molecule has 2 saturated heterocycles. The van der Waals surface area contributed by atoms with Crippen molar-refractivity contribution in [3.63, 3.8) is 0 Å². The Labute approximate surface area is 160 Å². The van der Waals surface area contributed by atoms with Crippen molar-refractivity contribution in [1.29, 1.82) is 0 Å². The van der Waals surface area contributed by atoms with E-state index in [0.29, 0.717) is 13.1 Å². The van der Waals surface area contributed by atoms with E-state index in [9.17, 15) is 9.59 Å². The first kappa shape index (κ1) is 19.9. The third-order valence-corrected chi connectivity index (χ3v) is 5.01. The van der Waals surface area contributed by atoms with Crippen LogP contribution in [0, 0.1) is 0 Å². The van der Waals surface area contributed by atoms with Crippen LogP contribution in [0.4, 0.5) is 4.79 Å². The van der Waals surface area contributed by atoms with E-state index >= 15 is 0 Å². The first-order valence-electron chi connectivity index (χ1n) is 9.61. The van der Waals surface area contributed by atoms with Gasteiger partial charge in [0, 0.05) is 20.1 Å². The number of hydrogen-bond acceptors (Lipinski definition) is 5. The Bertz CT molecular complexity index is 624. The molecule has 3 rings (SSSR count). The Morgan fingerprint density at radius 3 is 2.59 bits per heavy atom. The summed E-state index contributed by atoms with van der Waals surface area (Å²) in [6.07, 6.45) is 8.07. The van der Waals surface area contributed by atoms with E-state index in [4.69, 9.17) is 14.2 Å². The van der Waals surface area contributed by atoms with Gasteiger partial charge in [-0.2, -0.15) is 0 Å². The fourth-order valence-corrected chi connectivity index (χ4v) is 3.55. The summed E-state index contributed by atoms with van der Waals surface area (Å²) in [5.41, 5.74) is -0.540. The molecule has 0 aromatic rings. The Kier molecular flexibility index (Phi) is 5.91. The number of nitrogens with zero attached hydrogens (tertiary/aromatic N) is 2. The summed E-state index contributed by atoms with van der Waals surface area (Å²) in [6, 6.07) is -0.0627. The summed E-state index contributed by atoms with van der Waals surface area (Å²) >= 11 is 0. The fraction of sp³-hybridized carbons (Fsp3) is 0.700. The Morgan fingerprint density at radius 1 is 1.19 bits per heavy atom. The highest BCUT2D eigenvalue weighted by Gasteiger charge is 2.38. The molecule has 1 aliphatic carbocycles. The normalized spacial score (nSPS) is 30.6. The van der Waals surface area contributed by atoms with Gasteiger partial charge in [-0.05, 0) is 33.6 Å². The summed E-state index contributed by atoms with van der Waals surface area (Å²) < 4.78 is 17.2. The molecule has 2 fully saturated rings. The lowest BCUT2D eigenvalue weighted by atomic mass is 10.0. The van der Waals surface area contributed by atoms with Crippen LogP contribution in [-0.4, -0.2) is 78.5 Å². The van der Waals surface area contributed by atoms with Crippen molar-refractivity contribution in [2.75, 3.05) is 26.7 Å². The number of amides is 2. The number of carbonyl (C=O) groups is 2. The van der Waals surface area contributed by atoms with Crippen molar-refractivity contribution in [2.45, 2.75) is 63.6 Å². The molecule has 0 aromatic carbocycles. The maximum atomic E-state index is 12.9.